The number of carbonyl (C=O) groups excluding carboxylic acids is 1. The third-order valence-corrected chi connectivity index (χ3v) is 5.84. The van der Waals surface area contributed by atoms with Gasteiger partial charge in [-0.3, -0.25) is 9.69 Å². The number of nitrogens with one attached hydrogen (secondary N) is 1. The average molecular weight is 377 g/mol. The summed E-state index contributed by atoms with van der Waals surface area (Å²) in [4.78, 5) is 19.9. The SMILES string of the molecule is Cc1ccccc1CNC(=O)[C@@H]1CCCN(Cc2nc3ccccc3n2C)C1. The third kappa shape index (κ3) is 3.94. The molecular formula is C23H28N4O. The smallest absolute Gasteiger partial charge is 0.224 e. The number of fused-ring (bicyclic) bond motifs is 1. The van der Waals surface area contributed by atoms with E-state index in [1.807, 2.05) is 24.3 Å². The lowest BCUT2D eigenvalue weighted by Crippen LogP contribution is -2.42. The Kier molecular flexibility index (Phi) is 5.44. The number of piperidine rings is 1. The van der Waals surface area contributed by atoms with Gasteiger partial charge in [-0.25, -0.2) is 4.98 Å². The lowest BCUT2D eigenvalue weighted by Gasteiger charge is -2.31. The molecule has 2 heterocycles. The average Bonchev–Trinajstić information content (AvgIpc) is 3.03. The maximum absolute atomic E-state index is 12.7. The van der Waals surface area contributed by atoms with Crippen LogP contribution < -0.4 is 5.32 Å². The summed E-state index contributed by atoms with van der Waals surface area (Å²) in [5.74, 6) is 1.27. The van der Waals surface area contributed by atoms with Crippen molar-refractivity contribution in [3.63, 3.8) is 0 Å². The second kappa shape index (κ2) is 8.15. The molecule has 0 bridgehead atoms. The van der Waals surface area contributed by atoms with E-state index in [9.17, 15) is 4.79 Å². The molecule has 1 aliphatic rings. The van der Waals surface area contributed by atoms with Gasteiger partial charge in [0.15, 0.2) is 0 Å². The Hall–Kier alpha value is -2.66. The van der Waals surface area contributed by atoms with Gasteiger partial charge in [0.25, 0.3) is 0 Å². The number of aryl methyl sites for hydroxylation is 2. The van der Waals surface area contributed by atoms with Gasteiger partial charge in [-0.05, 0) is 49.6 Å². The van der Waals surface area contributed by atoms with Crippen LogP contribution in [0.4, 0.5) is 0 Å². The fourth-order valence-corrected chi connectivity index (χ4v) is 4.09. The summed E-state index contributed by atoms with van der Waals surface area (Å²) in [6, 6.07) is 16.4. The van der Waals surface area contributed by atoms with E-state index >= 15 is 0 Å². The minimum Gasteiger partial charge on any atom is -0.352 e. The van der Waals surface area contributed by atoms with Gasteiger partial charge in [-0.2, -0.15) is 0 Å². The quantitative estimate of drug-likeness (QED) is 0.742. The number of likely N-dealkylation sites (tertiary alicyclic amines) is 1. The summed E-state index contributed by atoms with van der Waals surface area (Å²) in [6.45, 7) is 5.29. The summed E-state index contributed by atoms with van der Waals surface area (Å²) in [6.07, 6.45) is 2.01. The van der Waals surface area contributed by atoms with Crippen molar-refractivity contribution in [2.45, 2.75) is 32.9 Å². The van der Waals surface area contributed by atoms with Gasteiger partial charge in [-0.15, -0.1) is 0 Å². The van der Waals surface area contributed by atoms with E-state index in [1.54, 1.807) is 0 Å². The second-order valence-electron chi connectivity index (χ2n) is 7.79. The third-order valence-electron chi connectivity index (χ3n) is 5.84. The number of nitrogens with zero attached hydrogens (tertiary/aromatic N) is 3. The summed E-state index contributed by atoms with van der Waals surface area (Å²) >= 11 is 0. The molecule has 1 amide bonds. The molecule has 0 saturated carbocycles. The number of rotatable bonds is 5. The highest BCUT2D eigenvalue weighted by Crippen LogP contribution is 2.21. The van der Waals surface area contributed by atoms with Crippen LogP contribution in [0.3, 0.4) is 0 Å². The monoisotopic (exact) mass is 376 g/mol. The van der Waals surface area contributed by atoms with Crippen molar-refractivity contribution in [3.05, 3.63) is 65.5 Å². The minimum absolute atomic E-state index is 0.0486. The molecule has 1 atom stereocenters. The summed E-state index contributed by atoms with van der Waals surface area (Å²) in [7, 11) is 2.07. The molecule has 1 aliphatic heterocycles. The Labute approximate surface area is 166 Å². The maximum atomic E-state index is 12.7. The van der Waals surface area contributed by atoms with Gasteiger partial charge >= 0.3 is 0 Å². The summed E-state index contributed by atoms with van der Waals surface area (Å²) < 4.78 is 2.16. The first-order chi connectivity index (χ1) is 13.6. The molecule has 1 fully saturated rings. The highest BCUT2D eigenvalue weighted by Gasteiger charge is 2.26. The number of amides is 1. The molecule has 1 saturated heterocycles. The van der Waals surface area contributed by atoms with Crippen molar-refractivity contribution in [2.75, 3.05) is 13.1 Å². The fourth-order valence-electron chi connectivity index (χ4n) is 4.09. The molecule has 1 aromatic heterocycles. The van der Waals surface area contributed by atoms with Gasteiger partial charge in [0.1, 0.15) is 5.82 Å². The zero-order chi connectivity index (χ0) is 19.5. The van der Waals surface area contributed by atoms with Crippen molar-refractivity contribution in [1.82, 2.24) is 19.8 Å². The number of carbonyl (C=O) groups is 1. The van der Waals surface area contributed by atoms with E-state index in [-0.39, 0.29) is 11.8 Å². The molecule has 0 radical (unpaired) electrons. The van der Waals surface area contributed by atoms with Crippen LogP contribution in [-0.4, -0.2) is 33.4 Å². The van der Waals surface area contributed by atoms with Crippen molar-refractivity contribution in [1.29, 1.82) is 0 Å². The Bertz CT molecular complexity index is 978. The topological polar surface area (TPSA) is 50.2 Å². The van der Waals surface area contributed by atoms with Crippen LogP contribution in [-0.2, 0) is 24.9 Å². The molecule has 146 valence electrons. The predicted molar refractivity (Wildman–Crippen MR) is 112 cm³/mol. The normalized spacial score (nSPS) is 17.7. The first-order valence-corrected chi connectivity index (χ1v) is 10.1. The van der Waals surface area contributed by atoms with Gasteiger partial charge in [0, 0.05) is 20.1 Å². The number of benzene rings is 2. The predicted octanol–water partition coefficient (Wildman–Crippen LogP) is 3.41. The lowest BCUT2D eigenvalue weighted by molar-refractivity contribution is -0.127. The molecule has 5 nitrogen and oxygen atoms in total. The standard InChI is InChI=1S/C23H28N4O/c1-17-8-3-4-9-18(17)14-24-23(28)19-10-7-13-27(15-19)16-22-25-20-11-5-6-12-21(20)26(22)2/h3-6,8-9,11-12,19H,7,10,13-16H2,1-2H3,(H,24,28)/t19-/m1/s1. The van der Waals surface area contributed by atoms with Gasteiger partial charge in [-0.1, -0.05) is 36.4 Å². The maximum Gasteiger partial charge on any atom is 0.224 e. The van der Waals surface area contributed by atoms with Gasteiger partial charge in [0.2, 0.25) is 5.91 Å². The van der Waals surface area contributed by atoms with Crippen LogP contribution in [0.15, 0.2) is 48.5 Å². The van der Waals surface area contributed by atoms with E-state index in [2.05, 4.69) is 53.0 Å². The van der Waals surface area contributed by atoms with E-state index in [0.29, 0.717) is 6.54 Å². The molecule has 3 aromatic rings. The zero-order valence-corrected chi connectivity index (χ0v) is 16.7. The van der Waals surface area contributed by atoms with E-state index in [4.69, 9.17) is 4.98 Å². The second-order valence-corrected chi connectivity index (χ2v) is 7.79. The van der Waals surface area contributed by atoms with Crippen LogP contribution >= 0.6 is 0 Å². The summed E-state index contributed by atoms with van der Waals surface area (Å²) in [5.41, 5.74) is 4.59. The van der Waals surface area contributed by atoms with Crippen LogP contribution in [0, 0.1) is 12.8 Å². The Morgan fingerprint density at radius 3 is 2.79 bits per heavy atom. The van der Waals surface area contributed by atoms with Crippen LogP contribution in [0.1, 0.15) is 29.8 Å². The molecule has 0 spiro atoms. The number of hydrogen-bond acceptors (Lipinski definition) is 3. The van der Waals surface area contributed by atoms with Crippen molar-refractivity contribution in [2.24, 2.45) is 13.0 Å². The first kappa shape index (κ1) is 18.7. The van der Waals surface area contributed by atoms with E-state index in [1.165, 1.54) is 11.1 Å². The van der Waals surface area contributed by atoms with E-state index < -0.39 is 0 Å². The lowest BCUT2D eigenvalue weighted by atomic mass is 9.97. The fraction of sp³-hybridized carbons (Fsp3) is 0.391. The number of hydrogen-bond donors (Lipinski definition) is 1. The molecule has 5 heteroatoms. The molecule has 28 heavy (non-hydrogen) atoms. The highest BCUT2D eigenvalue weighted by molar-refractivity contribution is 5.79. The number of imidazole rings is 1. The van der Waals surface area contributed by atoms with Crippen molar-refractivity contribution < 1.29 is 4.79 Å². The first-order valence-electron chi connectivity index (χ1n) is 10.1. The van der Waals surface area contributed by atoms with Gasteiger partial charge in [0.05, 0.1) is 23.5 Å². The Morgan fingerprint density at radius 1 is 1.18 bits per heavy atom. The van der Waals surface area contributed by atoms with Crippen molar-refractivity contribution >= 4 is 16.9 Å². The van der Waals surface area contributed by atoms with Crippen LogP contribution in [0.25, 0.3) is 11.0 Å². The molecule has 0 unspecified atom stereocenters. The Morgan fingerprint density at radius 2 is 1.96 bits per heavy atom. The van der Waals surface area contributed by atoms with Crippen LogP contribution in [0.5, 0.6) is 0 Å². The summed E-state index contributed by atoms with van der Waals surface area (Å²) in [5, 5.41) is 3.14. The molecular weight excluding hydrogens is 348 g/mol. The molecule has 2 aromatic carbocycles. The molecule has 0 aliphatic carbocycles. The number of para-hydroxylation sites is 2. The van der Waals surface area contributed by atoms with Crippen LogP contribution in [0.2, 0.25) is 0 Å². The number of aromatic nitrogens is 2. The zero-order valence-electron chi connectivity index (χ0n) is 16.7. The van der Waals surface area contributed by atoms with Crippen molar-refractivity contribution in [3.8, 4) is 0 Å². The largest absolute Gasteiger partial charge is 0.352 e. The Balaban J connectivity index is 1.37. The van der Waals surface area contributed by atoms with Gasteiger partial charge < -0.3 is 9.88 Å². The minimum atomic E-state index is 0.0486. The molecule has 4 rings (SSSR count). The highest BCUT2D eigenvalue weighted by atomic mass is 16.1. The van der Waals surface area contributed by atoms with E-state index in [0.717, 1.165) is 49.3 Å². The molecule has 1 N–H and O–H groups in total.